The van der Waals surface area contributed by atoms with Gasteiger partial charge in [0.1, 0.15) is 5.82 Å². The molecule has 0 bridgehead atoms. The fourth-order valence-corrected chi connectivity index (χ4v) is 2.85. The van der Waals surface area contributed by atoms with Gasteiger partial charge in [0.15, 0.2) is 0 Å². The highest BCUT2D eigenvalue weighted by Crippen LogP contribution is 2.29. The fourth-order valence-electron chi connectivity index (χ4n) is 2.54. The molecule has 19 heavy (non-hydrogen) atoms. The minimum Gasteiger partial charge on any atom is -0.379 e. The Hall–Kier alpha value is -0.840. The number of halogens is 1. The maximum Gasteiger partial charge on any atom is 0.147 e. The zero-order valence-corrected chi connectivity index (χ0v) is 12.6. The Morgan fingerprint density at radius 3 is 3.00 bits per heavy atom. The summed E-state index contributed by atoms with van der Waals surface area (Å²) in [6.07, 6.45) is 3.25. The van der Waals surface area contributed by atoms with Gasteiger partial charge in [-0.25, -0.2) is 4.98 Å². The first-order valence-electron chi connectivity index (χ1n) is 6.72. The Morgan fingerprint density at radius 1 is 1.58 bits per heavy atom. The van der Waals surface area contributed by atoms with Crippen LogP contribution in [0.25, 0.3) is 0 Å². The van der Waals surface area contributed by atoms with Crippen LogP contribution in [0.1, 0.15) is 18.9 Å². The number of anilines is 1. The van der Waals surface area contributed by atoms with Gasteiger partial charge in [0, 0.05) is 32.9 Å². The molecule has 1 saturated heterocycles. The average molecular weight is 284 g/mol. The van der Waals surface area contributed by atoms with Crippen molar-refractivity contribution in [3.05, 3.63) is 22.8 Å². The molecule has 0 saturated carbocycles. The van der Waals surface area contributed by atoms with Crippen LogP contribution in [0.5, 0.6) is 0 Å². The van der Waals surface area contributed by atoms with Crippen molar-refractivity contribution in [1.29, 1.82) is 0 Å². The summed E-state index contributed by atoms with van der Waals surface area (Å²) in [6.45, 7) is 4.86. The highest BCUT2D eigenvalue weighted by molar-refractivity contribution is 6.33. The minimum atomic E-state index is 0.253. The minimum absolute atomic E-state index is 0.253. The number of nitrogens with one attached hydrogen (secondary N) is 1. The number of pyridine rings is 1. The zero-order valence-electron chi connectivity index (χ0n) is 11.8. The van der Waals surface area contributed by atoms with Gasteiger partial charge in [0.25, 0.3) is 0 Å². The Kier molecular flexibility index (Phi) is 5.02. The Morgan fingerprint density at radius 2 is 2.37 bits per heavy atom. The van der Waals surface area contributed by atoms with E-state index in [1.165, 1.54) is 0 Å². The van der Waals surface area contributed by atoms with Gasteiger partial charge in [-0.05, 0) is 31.0 Å². The number of ether oxygens (including phenoxy) is 1. The standard InChI is InChI=1S/C14H22ClN3O/c1-10-4-5-18(9-13(10)19-3)14-12(15)6-11(7-16-2)8-17-14/h6,8,10,13,16H,4-5,7,9H2,1-3H3. The van der Waals surface area contributed by atoms with E-state index in [9.17, 15) is 0 Å². The Bertz CT molecular complexity index is 427. The van der Waals surface area contributed by atoms with Crippen LogP contribution in [-0.2, 0) is 11.3 Å². The normalized spacial score (nSPS) is 23.7. The lowest BCUT2D eigenvalue weighted by molar-refractivity contribution is 0.0496. The molecule has 1 aromatic heterocycles. The molecule has 2 rings (SSSR count). The maximum atomic E-state index is 6.35. The van der Waals surface area contributed by atoms with Crippen molar-refractivity contribution in [1.82, 2.24) is 10.3 Å². The molecular weight excluding hydrogens is 262 g/mol. The maximum absolute atomic E-state index is 6.35. The molecule has 4 nitrogen and oxygen atoms in total. The van der Waals surface area contributed by atoms with Gasteiger partial charge in [0.05, 0.1) is 11.1 Å². The lowest BCUT2D eigenvalue weighted by atomic mass is 9.96. The second-order valence-corrected chi connectivity index (χ2v) is 5.57. The van der Waals surface area contributed by atoms with Crippen LogP contribution in [0.15, 0.2) is 12.3 Å². The summed E-state index contributed by atoms with van der Waals surface area (Å²) in [5.74, 6) is 1.46. The Balaban J connectivity index is 2.13. The van der Waals surface area contributed by atoms with E-state index in [4.69, 9.17) is 16.3 Å². The third-order valence-corrected chi connectivity index (χ3v) is 4.03. The molecular formula is C14H22ClN3O. The first kappa shape index (κ1) is 14.6. The van der Waals surface area contributed by atoms with Crippen LogP contribution in [0.3, 0.4) is 0 Å². The molecule has 1 N–H and O–H groups in total. The van der Waals surface area contributed by atoms with Gasteiger partial charge in [-0.2, -0.15) is 0 Å². The summed E-state index contributed by atoms with van der Waals surface area (Å²) >= 11 is 6.35. The van der Waals surface area contributed by atoms with Crippen molar-refractivity contribution in [3.8, 4) is 0 Å². The van der Waals surface area contributed by atoms with Gasteiger partial charge in [-0.15, -0.1) is 0 Å². The van der Waals surface area contributed by atoms with Gasteiger partial charge in [-0.3, -0.25) is 0 Å². The SMILES string of the molecule is CNCc1cnc(N2CCC(C)C(OC)C2)c(Cl)c1. The summed E-state index contributed by atoms with van der Waals surface area (Å²) in [7, 11) is 3.69. The third kappa shape index (κ3) is 3.38. The highest BCUT2D eigenvalue weighted by Gasteiger charge is 2.27. The number of methoxy groups -OCH3 is 1. The van der Waals surface area contributed by atoms with Crippen LogP contribution in [-0.4, -0.2) is 38.3 Å². The van der Waals surface area contributed by atoms with Crippen LogP contribution >= 0.6 is 11.6 Å². The number of hydrogen-bond donors (Lipinski definition) is 1. The first-order chi connectivity index (χ1) is 9.15. The molecule has 1 aliphatic heterocycles. The number of rotatable bonds is 4. The van der Waals surface area contributed by atoms with Crippen LogP contribution in [0.2, 0.25) is 5.02 Å². The van der Waals surface area contributed by atoms with Gasteiger partial charge in [-0.1, -0.05) is 18.5 Å². The third-order valence-electron chi connectivity index (χ3n) is 3.75. The van der Waals surface area contributed by atoms with E-state index >= 15 is 0 Å². The number of piperidine rings is 1. The van der Waals surface area contributed by atoms with Crippen molar-refractivity contribution in [2.75, 3.05) is 32.1 Å². The summed E-state index contributed by atoms with van der Waals surface area (Å²) in [4.78, 5) is 6.73. The smallest absolute Gasteiger partial charge is 0.147 e. The van der Waals surface area contributed by atoms with Crippen LogP contribution in [0.4, 0.5) is 5.82 Å². The van der Waals surface area contributed by atoms with Gasteiger partial charge < -0.3 is 15.0 Å². The highest BCUT2D eigenvalue weighted by atomic mass is 35.5. The molecule has 0 aliphatic carbocycles. The van der Waals surface area contributed by atoms with E-state index in [1.54, 1.807) is 7.11 Å². The monoisotopic (exact) mass is 283 g/mol. The summed E-state index contributed by atoms with van der Waals surface area (Å²) in [5, 5.41) is 3.82. The summed E-state index contributed by atoms with van der Waals surface area (Å²) in [6, 6.07) is 1.99. The molecule has 1 aromatic rings. The van der Waals surface area contributed by atoms with E-state index < -0.39 is 0 Å². The number of aromatic nitrogens is 1. The van der Waals surface area contributed by atoms with Crippen LogP contribution in [0, 0.1) is 5.92 Å². The number of nitrogens with zero attached hydrogens (tertiary/aromatic N) is 2. The molecule has 2 heterocycles. The van der Waals surface area contributed by atoms with Crippen LogP contribution < -0.4 is 10.2 Å². The molecule has 1 fully saturated rings. The van der Waals surface area contributed by atoms with E-state index in [0.717, 1.165) is 42.5 Å². The lowest BCUT2D eigenvalue weighted by Gasteiger charge is -2.37. The second kappa shape index (κ2) is 6.55. The summed E-state index contributed by atoms with van der Waals surface area (Å²) in [5.41, 5.74) is 1.10. The molecule has 2 unspecified atom stereocenters. The molecule has 1 aliphatic rings. The second-order valence-electron chi connectivity index (χ2n) is 5.17. The molecule has 5 heteroatoms. The molecule has 0 spiro atoms. The van der Waals surface area contributed by atoms with Gasteiger partial charge in [0.2, 0.25) is 0 Å². The topological polar surface area (TPSA) is 37.4 Å². The van der Waals surface area contributed by atoms with Crippen molar-refractivity contribution in [2.24, 2.45) is 5.92 Å². The molecule has 0 aromatic carbocycles. The summed E-state index contributed by atoms with van der Waals surface area (Å²) < 4.78 is 5.53. The average Bonchev–Trinajstić information content (AvgIpc) is 2.40. The predicted molar refractivity (Wildman–Crippen MR) is 78.8 cm³/mol. The molecule has 106 valence electrons. The lowest BCUT2D eigenvalue weighted by Crippen LogP contribution is -2.44. The molecule has 2 atom stereocenters. The zero-order chi connectivity index (χ0) is 13.8. The van der Waals surface area contributed by atoms with E-state index in [0.29, 0.717) is 5.92 Å². The Labute approximate surface area is 120 Å². The largest absolute Gasteiger partial charge is 0.379 e. The fraction of sp³-hybridized carbons (Fsp3) is 0.643. The predicted octanol–water partition coefficient (Wildman–Crippen LogP) is 2.32. The number of hydrogen-bond acceptors (Lipinski definition) is 4. The van der Waals surface area contributed by atoms with E-state index in [2.05, 4.69) is 22.1 Å². The van der Waals surface area contributed by atoms with E-state index in [-0.39, 0.29) is 6.10 Å². The van der Waals surface area contributed by atoms with E-state index in [1.807, 2.05) is 19.3 Å². The van der Waals surface area contributed by atoms with Gasteiger partial charge >= 0.3 is 0 Å². The van der Waals surface area contributed by atoms with Crippen molar-refractivity contribution in [2.45, 2.75) is 26.0 Å². The van der Waals surface area contributed by atoms with Crippen molar-refractivity contribution < 1.29 is 4.74 Å². The van der Waals surface area contributed by atoms with Crippen molar-refractivity contribution in [3.63, 3.8) is 0 Å². The van der Waals surface area contributed by atoms with Crippen molar-refractivity contribution >= 4 is 17.4 Å². The molecule has 0 amide bonds. The molecule has 0 radical (unpaired) electrons. The quantitative estimate of drug-likeness (QED) is 0.920. The first-order valence-corrected chi connectivity index (χ1v) is 7.10.